The number of benzene rings is 2. The van der Waals surface area contributed by atoms with Gasteiger partial charge in [-0.25, -0.2) is 23.9 Å². The first kappa shape index (κ1) is 38.9. The number of ether oxygens (including phenoxy) is 1. The maximum atomic E-state index is 15.1. The van der Waals surface area contributed by atoms with Gasteiger partial charge in [-0.15, -0.1) is 0 Å². The number of fused-ring (bicyclic) bond motifs is 4. The summed E-state index contributed by atoms with van der Waals surface area (Å²) in [5, 5.41) is 10.0. The van der Waals surface area contributed by atoms with E-state index in [0.717, 1.165) is 36.3 Å². The number of imidazole rings is 1. The second-order valence-electron chi connectivity index (χ2n) is 16.1. The number of amides is 1. The lowest BCUT2D eigenvalue weighted by Crippen LogP contribution is -2.41. The SMILES string of the molecule is CCOC(=O)c1nc(Cl)nc2c1n(-c1ccc(C(=O)N3CCc4c(n(Cc5ccc(C#N)cc5F)c5ncccc45)C3)cc1)c(=O)n2C1CCN(CC(C)(C)C)CC1. The molecule has 6 heterocycles. The van der Waals surface area contributed by atoms with E-state index < -0.39 is 17.5 Å². The summed E-state index contributed by atoms with van der Waals surface area (Å²) in [5.41, 5.74) is 4.14. The second kappa shape index (κ2) is 15.4. The monoisotopic (exact) mass is 803 g/mol. The Morgan fingerprint density at radius 2 is 1.79 bits per heavy atom. The normalized spacial score (nSPS) is 15.2. The molecule has 13 nitrogen and oxygen atoms in total. The van der Waals surface area contributed by atoms with E-state index in [1.807, 2.05) is 22.8 Å². The van der Waals surface area contributed by atoms with Crippen molar-refractivity contribution in [2.45, 2.75) is 66.1 Å². The highest BCUT2D eigenvalue weighted by molar-refractivity contribution is 6.28. The van der Waals surface area contributed by atoms with Crippen molar-refractivity contribution in [2.75, 3.05) is 32.8 Å². The fourth-order valence-electron chi connectivity index (χ4n) is 8.46. The quantitative estimate of drug-likeness (QED) is 0.121. The number of nitrogens with zero attached hydrogens (tertiary/aromatic N) is 9. The number of pyridine rings is 1. The van der Waals surface area contributed by atoms with Crippen molar-refractivity contribution in [2.24, 2.45) is 5.41 Å². The Morgan fingerprint density at radius 1 is 1.03 bits per heavy atom. The third-order valence-electron chi connectivity index (χ3n) is 11.0. The average Bonchev–Trinajstić information content (AvgIpc) is 3.68. The maximum Gasteiger partial charge on any atom is 0.359 e. The van der Waals surface area contributed by atoms with Crippen LogP contribution in [-0.2, 0) is 24.2 Å². The third kappa shape index (κ3) is 7.24. The number of nitriles is 1. The number of esters is 1. The Balaban J connectivity index is 1.12. The van der Waals surface area contributed by atoms with Crippen LogP contribution in [0.4, 0.5) is 4.39 Å². The maximum absolute atomic E-state index is 15.1. The number of halogens is 2. The molecule has 15 heteroatoms. The third-order valence-corrected chi connectivity index (χ3v) is 11.1. The van der Waals surface area contributed by atoms with Crippen LogP contribution in [0.5, 0.6) is 0 Å². The Hall–Kier alpha value is -5.91. The summed E-state index contributed by atoms with van der Waals surface area (Å²) in [6, 6.07) is 16.7. The number of carbonyl (C=O) groups excluding carboxylic acids is 2. The Morgan fingerprint density at radius 3 is 2.48 bits per heavy atom. The Labute approximate surface area is 339 Å². The van der Waals surface area contributed by atoms with Crippen LogP contribution in [0.25, 0.3) is 27.9 Å². The molecule has 0 unspecified atom stereocenters. The van der Waals surface area contributed by atoms with E-state index in [1.165, 1.54) is 10.6 Å². The number of hydrogen-bond donors (Lipinski definition) is 0. The van der Waals surface area contributed by atoms with Gasteiger partial charge in [0.1, 0.15) is 17.0 Å². The lowest BCUT2D eigenvalue weighted by Gasteiger charge is -2.36. The number of carbonyl (C=O) groups is 2. The van der Waals surface area contributed by atoms with E-state index in [4.69, 9.17) is 16.3 Å². The molecule has 4 aromatic heterocycles. The predicted molar refractivity (Wildman–Crippen MR) is 217 cm³/mol. The second-order valence-corrected chi connectivity index (χ2v) is 16.5. The zero-order valence-corrected chi connectivity index (χ0v) is 33.6. The molecule has 0 saturated carbocycles. The van der Waals surface area contributed by atoms with Gasteiger partial charge in [0.25, 0.3) is 5.91 Å². The van der Waals surface area contributed by atoms with Gasteiger partial charge in [-0.3, -0.25) is 13.9 Å². The van der Waals surface area contributed by atoms with Crippen molar-refractivity contribution in [3.05, 3.63) is 116 Å². The summed E-state index contributed by atoms with van der Waals surface area (Å²) in [4.78, 5) is 59.5. The molecule has 0 bridgehead atoms. The fraction of sp³-hybridized carbons (Fsp3) is 0.372. The standard InChI is InChI=1S/C43H43ClFN9O4/c1-5-58-40(56)35-36-38(49-41(44)48-35)54(30-14-18-50(19-15-30)25-43(2,3)4)42(57)53(36)29-12-10-27(11-13-29)39(55)51-20-16-31-32-7-6-17-47-37(32)52(34(31)24-51)23-28-9-8-26(22-46)21-33(28)45/h6-13,17,21,30H,5,14-16,18-20,23-25H2,1-4H3. The van der Waals surface area contributed by atoms with Gasteiger partial charge in [0.15, 0.2) is 11.3 Å². The molecule has 298 valence electrons. The molecule has 2 aromatic carbocycles. The molecule has 2 aliphatic heterocycles. The van der Waals surface area contributed by atoms with Crippen LogP contribution < -0.4 is 5.69 Å². The lowest BCUT2D eigenvalue weighted by atomic mass is 9.94. The summed E-state index contributed by atoms with van der Waals surface area (Å²) in [5.74, 6) is -1.43. The van der Waals surface area contributed by atoms with Crippen molar-refractivity contribution in [3.63, 3.8) is 0 Å². The molecule has 1 fully saturated rings. The van der Waals surface area contributed by atoms with Gasteiger partial charge in [-0.1, -0.05) is 26.8 Å². The van der Waals surface area contributed by atoms with Gasteiger partial charge in [0, 0.05) is 60.6 Å². The highest BCUT2D eigenvalue weighted by Crippen LogP contribution is 2.33. The van der Waals surface area contributed by atoms with Crippen molar-refractivity contribution in [1.82, 2.24) is 38.5 Å². The van der Waals surface area contributed by atoms with E-state index in [9.17, 15) is 19.6 Å². The number of aromatic nitrogens is 6. The highest BCUT2D eigenvalue weighted by atomic mass is 35.5. The molecule has 0 atom stereocenters. The summed E-state index contributed by atoms with van der Waals surface area (Å²) in [6.45, 7) is 11.8. The van der Waals surface area contributed by atoms with Gasteiger partial charge in [-0.2, -0.15) is 10.2 Å². The van der Waals surface area contributed by atoms with E-state index in [2.05, 4.69) is 40.6 Å². The van der Waals surface area contributed by atoms with Crippen LogP contribution in [-0.4, -0.2) is 83.1 Å². The van der Waals surface area contributed by atoms with E-state index >= 15 is 4.39 Å². The first-order valence-electron chi connectivity index (χ1n) is 19.5. The largest absolute Gasteiger partial charge is 0.461 e. The summed E-state index contributed by atoms with van der Waals surface area (Å²) in [7, 11) is 0. The molecule has 1 saturated heterocycles. The van der Waals surface area contributed by atoms with E-state index in [1.54, 1.807) is 59.0 Å². The minimum atomic E-state index is -0.728. The summed E-state index contributed by atoms with van der Waals surface area (Å²) < 4.78 is 25.5. The molecular formula is C43H43ClFN9O4. The smallest absolute Gasteiger partial charge is 0.359 e. The summed E-state index contributed by atoms with van der Waals surface area (Å²) >= 11 is 6.40. The van der Waals surface area contributed by atoms with Crippen LogP contribution in [0, 0.1) is 22.6 Å². The molecule has 6 aromatic rings. The van der Waals surface area contributed by atoms with E-state index in [0.29, 0.717) is 48.3 Å². The van der Waals surface area contributed by atoms with Crippen LogP contribution in [0.3, 0.4) is 0 Å². The molecular weight excluding hydrogens is 761 g/mol. The van der Waals surface area contributed by atoms with Crippen molar-refractivity contribution in [1.29, 1.82) is 5.26 Å². The molecule has 1 amide bonds. The minimum Gasteiger partial charge on any atom is -0.461 e. The highest BCUT2D eigenvalue weighted by Gasteiger charge is 2.32. The topological polar surface area (TPSA) is 144 Å². The predicted octanol–water partition coefficient (Wildman–Crippen LogP) is 6.70. The first-order valence-corrected chi connectivity index (χ1v) is 19.9. The van der Waals surface area contributed by atoms with E-state index in [-0.39, 0.29) is 64.8 Å². The van der Waals surface area contributed by atoms with Gasteiger partial charge < -0.3 is 19.1 Å². The van der Waals surface area contributed by atoms with Crippen LogP contribution >= 0.6 is 11.6 Å². The van der Waals surface area contributed by atoms with Gasteiger partial charge in [0.05, 0.1) is 37.0 Å². The minimum absolute atomic E-state index is 0.0948. The van der Waals surface area contributed by atoms with Gasteiger partial charge in [0.2, 0.25) is 5.28 Å². The average molecular weight is 804 g/mol. The Bertz CT molecular complexity index is 2680. The number of hydrogen-bond acceptors (Lipinski definition) is 9. The Kier molecular flexibility index (Phi) is 10.4. The van der Waals surface area contributed by atoms with Crippen LogP contribution in [0.1, 0.15) is 89.8 Å². The zero-order chi connectivity index (χ0) is 40.9. The molecule has 0 spiro atoms. The number of likely N-dealkylation sites (tertiary alicyclic amines) is 1. The molecule has 58 heavy (non-hydrogen) atoms. The number of piperidine rings is 1. The van der Waals surface area contributed by atoms with Gasteiger partial charge >= 0.3 is 11.7 Å². The van der Waals surface area contributed by atoms with Gasteiger partial charge in [-0.05, 0) is 97.3 Å². The van der Waals surface area contributed by atoms with Crippen LogP contribution in [0.2, 0.25) is 5.28 Å². The first-order chi connectivity index (χ1) is 27.8. The fourth-order valence-corrected chi connectivity index (χ4v) is 8.62. The molecule has 8 rings (SSSR count). The zero-order valence-electron chi connectivity index (χ0n) is 32.8. The summed E-state index contributed by atoms with van der Waals surface area (Å²) in [6.07, 6.45) is 3.68. The van der Waals surface area contributed by atoms with Crippen LogP contribution in [0.15, 0.2) is 65.6 Å². The molecule has 0 radical (unpaired) electrons. The number of rotatable bonds is 8. The molecule has 0 N–H and O–H groups in total. The van der Waals surface area contributed by atoms with Crippen molar-refractivity contribution in [3.8, 4) is 11.8 Å². The van der Waals surface area contributed by atoms with Crippen molar-refractivity contribution < 1.29 is 18.7 Å². The van der Waals surface area contributed by atoms with Crippen molar-refractivity contribution >= 4 is 45.7 Å². The molecule has 0 aliphatic carbocycles. The molecule has 2 aliphatic rings. The lowest BCUT2D eigenvalue weighted by molar-refractivity contribution is 0.0521.